The molecule has 1 aromatic rings. The van der Waals surface area contributed by atoms with E-state index in [1.54, 1.807) is 6.07 Å². The molecule has 1 aromatic heterocycles. The first-order valence-corrected chi connectivity index (χ1v) is 6.20. The lowest BCUT2D eigenvalue weighted by Crippen LogP contribution is -2.53. The summed E-state index contributed by atoms with van der Waals surface area (Å²) in [7, 11) is 0. The van der Waals surface area contributed by atoms with E-state index in [2.05, 4.69) is 5.32 Å². The lowest BCUT2D eigenvalue weighted by molar-refractivity contribution is 0.0867. The Morgan fingerprint density at radius 3 is 2.76 bits per heavy atom. The quantitative estimate of drug-likeness (QED) is 0.817. The number of nitrogens with one attached hydrogen (secondary N) is 1. The molecule has 1 atom stereocenters. The van der Waals surface area contributed by atoms with Crippen LogP contribution in [0.4, 0.5) is 0 Å². The Bertz CT molecular complexity index is 409. The summed E-state index contributed by atoms with van der Waals surface area (Å²) in [6.07, 6.45) is 3.09. The molecule has 4 nitrogen and oxygen atoms in total. The summed E-state index contributed by atoms with van der Waals surface area (Å²) in [5, 5.41) is 3.00. The average Bonchev–Trinajstić information content (AvgIpc) is 3.07. The number of rotatable bonds is 5. The van der Waals surface area contributed by atoms with Crippen molar-refractivity contribution in [1.82, 2.24) is 5.32 Å². The van der Waals surface area contributed by atoms with E-state index in [9.17, 15) is 4.79 Å². The second-order valence-corrected chi connectivity index (χ2v) is 4.97. The van der Waals surface area contributed by atoms with E-state index in [4.69, 9.17) is 10.2 Å². The number of nitrogens with two attached hydrogens (primary N) is 1. The zero-order valence-corrected chi connectivity index (χ0v) is 10.5. The van der Waals surface area contributed by atoms with Gasteiger partial charge in [0.25, 0.3) is 5.91 Å². The molecule has 1 amide bonds. The Labute approximate surface area is 102 Å². The monoisotopic (exact) mass is 236 g/mol. The third-order valence-corrected chi connectivity index (χ3v) is 3.54. The van der Waals surface area contributed by atoms with Gasteiger partial charge in [-0.2, -0.15) is 0 Å². The Morgan fingerprint density at radius 2 is 2.29 bits per heavy atom. The van der Waals surface area contributed by atoms with E-state index >= 15 is 0 Å². The molecule has 94 valence electrons. The van der Waals surface area contributed by atoms with Crippen LogP contribution < -0.4 is 11.1 Å². The molecule has 0 saturated heterocycles. The van der Waals surface area contributed by atoms with Crippen molar-refractivity contribution in [3.05, 3.63) is 23.7 Å². The molecular weight excluding hydrogens is 216 g/mol. The molecule has 3 N–H and O–H groups in total. The molecule has 1 unspecified atom stereocenters. The van der Waals surface area contributed by atoms with Crippen LogP contribution in [0.5, 0.6) is 0 Å². The molecule has 2 rings (SSSR count). The molecule has 0 bridgehead atoms. The molecule has 0 spiro atoms. The predicted molar refractivity (Wildman–Crippen MR) is 65.7 cm³/mol. The van der Waals surface area contributed by atoms with E-state index in [0.717, 1.165) is 25.0 Å². The average molecular weight is 236 g/mol. The minimum atomic E-state index is -0.295. The maximum Gasteiger partial charge on any atom is 0.287 e. The van der Waals surface area contributed by atoms with Gasteiger partial charge in [-0.1, -0.05) is 6.92 Å². The van der Waals surface area contributed by atoms with Gasteiger partial charge in [0.05, 0.1) is 5.54 Å². The first-order valence-electron chi connectivity index (χ1n) is 6.20. The zero-order chi connectivity index (χ0) is 12.5. The predicted octanol–water partition coefficient (Wildman–Crippen LogP) is 1.70. The topological polar surface area (TPSA) is 68.3 Å². The van der Waals surface area contributed by atoms with Crippen LogP contribution in [0.3, 0.4) is 0 Å². The highest BCUT2D eigenvalue weighted by Gasteiger charge is 2.41. The second kappa shape index (κ2) is 4.53. The van der Waals surface area contributed by atoms with Gasteiger partial charge < -0.3 is 15.5 Å². The molecule has 1 heterocycles. The van der Waals surface area contributed by atoms with Gasteiger partial charge >= 0.3 is 0 Å². The van der Waals surface area contributed by atoms with Crippen LogP contribution in [-0.2, 0) is 6.42 Å². The first kappa shape index (κ1) is 12.2. The molecule has 0 aromatic carbocycles. The van der Waals surface area contributed by atoms with Gasteiger partial charge in [-0.25, -0.2) is 0 Å². The number of aryl methyl sites for hydroxylation is 1. The summed E-state index contributed by atoms with van der Waals surface area (Å²) in [5.41, 5.74) is 5.46. The summed E-state index contributed by atoms with van der Waals surface area (Å²) < 4.78 is 5.43. The molecule has 1 saturated carbocycles. The molecule has 4 heteroatoms. The van der Waals surface area contributed by atoms with Crippen molar-refractivity contribution in [3.8, 4) is 0 Å². The molecule has 1 aliphatic rings. The van der Waals surface area contributed by atoms with E-state index in [1.807, 2.05) is 19.9 Å². The molecule has 0 radical (unpaired) electrons. The normalized spacial score (nSPS) is 18.8. The van der Waals surface area contributed by atoms with Crippen LogP contribution >= 0.6 is 0 Å². The molecular formula is C13H20N2O2. The van der Waals surface area contributed by atoms with Gasteiger partial charge in [0, 0.05) is 13.0 Å². The number of carbonyl (C=O) groups is 1. The van der Waals surface area contributed by atoms with E-state index < -0.39 is 0 Å². The van der Waals surface area contributed by atoms with Gasteiger partial charge in [0.15, 0.2) is 5.76 Å². The maximum atomic E-state index is 12.0. The van der Waals surface area contributed by atoms with Crippen LogP contribution in [0.1, 0.15) is 43.0 Å². The van der Waals surface area contributed by atoms with Crippen molar-refractivity contribution in [2.45, 2.75) is 38.6 Å². The Hall–Kier alpha value is -1.29. The largest absolute Gasteiger partial charge is 0.456 e. The second-order valence-electron chi connectivity index (χ2n) is 4.97. The summed E-state index contributed by atoms with van der Waals surface area (Å²) in [6, 6.07) is 3.56. The lowest BCUT2D eigenvalue weighted by atomic mass is 9.96. The maximum absolute atomic E-state index is 12.0. The minimum Gasteiger partial charge on any atom is -0.456 e. The van der Waals surface area contributed by atoms with Gasteiger partial charge in [0.1, 0.15) is 5.76 Å². The highest BCUT2D eigenvalue weighted by atomic mass is 16.3. The number of amides is 1. The van der Waals surface area contributed by atoms with Crippen molar-refractivity contribution in [1.29, 1.82) is 0 Å². The highest BCUT2D eigenvalue weighted by Crippen LogP contribution is 2.39. The van der Waals surface area contributed by atoms with Crippen molar-refractivity contribution in [3.63, 3.8) is 0 Å². The summed E-state index contributed by atoms with van der Waals surface area (Å²) >= 11 is 0. The molecule has 1 aliphatic carbocycles. The van der Waals surface area contributed by atoms with Crippen LogP contribution in [-0.4, -0.2) is 18.0 Å². The Morgan fingerprint density at radius 1 is 1.59 bits per heavy atom. The smallest absolute Gasteiger partial charge is 0.287 e. The third-order valence-electron chi connectivity index (χ3n) is 3.54. The van der Waals surface area contributed by atoms with Crippen molar-refractivity contribution < 1.29 is 9.21 Å². The van der Waals surface area contributed by atoms with Gasteiger partial charge in [-0.15, -0.1) is 0 Å². The first-order chi connectivity index (χ1) is 8.09. The van der Waals surface area contributed by atoms with Crippen LogP contribution in [0.15, 0.2) is 16.5 Å². The molecule has 17 heavy (non-hydrogen) atoms. The summed E-state index contributed by atoms with van der Waals surface area (Å²) in [4.78, 5) is 12.0. The highest BCUT2D eigenvalue weighted by molar-refractivity contribution is 5.92. The SMILES string of the molecule is CCc1ccc(C(=O)NC(C)(CN)C2CC2)o1. The number of hydrogen-bond acceptors (Lipinski definition) is 3. The zero-order valence-electron chi connectivity index (χ0n) is 10.5. The van der Waals surface area contributed by atoms with E-state index in [1.165, 1.54) is 0 Å². The van der Waals surface area contributed by atoms with E-state index in [-0.39, 0.29) is 11.4 Å². The molecule has 1 fully saturated rings. The van der Waals surface area contributed by atoms with Crippen molar-refractivity contribution in [2.75, 3.05) is 6.54 Å². The molecule has 0 aliphatic heterocycles. The van der Waals surface area contributed by atoms with Gasteiger partial charge in [0.2, 0.25) is 0 Å². The summed E-state index contributed by atoms with van der Waals surface area (Å²) in [5.74, 6) is 1.56. The summed E-state index contributed by atoms with van der Waals surface area (Å²) in [6.45, 7) is 4.46. The standard InChI is InChI=1S/C13H20N2O2/c1-3-10-6-7-11(17-10)12(16)15-13(2,8-14)9-4-5-9/h6-7,9H,3-5,8,14H2,1-2H3,(H,15,16). The lowest BCUT2D eigenvalue weighted by Gasteiger charge is -2.28. The van der Waals surface area contributed by atoms with Gasteiger partial charge in [-0.05, 0) is 37.8 Å². The fraction of sp³-hybridized carbons (Fsp3) is 0.615. The van der Waals surface area contributed by atoms with Crippen LogP contribution in [0.2, 0.25) is 0 Å². The number of hydrogen-bond donors (Lipinski definition) is 2. The third kappa shape index (κ3) is 2.52. The van der Waals surface area contributed by atoms with Gasteiger partial charge in [-0.3, -0.25) is 4.79 Å². The van der Waals surface area contributed by atoms with Crippen LogP contribution in [0.25, 0.3) is 0 Å². The number of carbonyl (C=O) groups excluding carboxylic acids is 1. The van der Waals surface area contributed by atoms with Crippen LogP contribution in [0, 0.1) is 5.92 Å². The van der Waals surface area contributed by atoms with E-state index in [0.29, 0.717) is 18.2 Å². The van der Waals surface area contributed by atoms with Crippen molar-refractivity contribution in [2.24, 2.45) is 11.7 Å². The fourth-order valence-electron chi connectivity index (χ4n) is 2.05. The Kier molecular flexibility index (Phi) is 3.24. The fourth-order valence-corrected chi connectivity index (χ4v) is 2.05. The number of furan rings is 1. The Balaban J connectivity index is 2.05. The minimum absolute atomic E-state index is 0.162. The van der Waals surface area contributed by atoms with Crippen molar-refractivity contribution >= 4 is 5.91 Å².